The third-order valence-corrected chi connectivity index (χ3v) is 3.15. The molecule has 0 bridgehead atoms. The van der Waals surface area contributed by atoms with E-state index in [9.17, 15) is 13.6 Å². The molecule has 0 atom stereocenters. The molecule has 3 aromatic rings. The molecule has 24 heavy (non-hydrogen) atoms. The van der Waals surface area contributed by atoms with Crippen molar-refractivity contribution in [3.63, 3.8) is 0 Å². The zero-order valence-corrected chi connectivity index (χ0v) is 12.3. The van der Waals surface area contributed by atoms with Gasteiger partial charge in [-0.2, -0.15) is 0 Å². The summed E-state index contributed by atoms with van der Waals surface area (Å²) in [6.45, 7) is 0. The molecule has 6 heteroatoms. The van der Waals surface area contributed by atoms with Gasteiger partial charge in [0, 0.05) is 6.07 Å². The van der Waals surface area contributed by atoms with Gasteiger partial charge in [-0.1, -0.05) is 23.4 Å². The average Bonchev–Trinajstić information content (AvgIpc) is 3.04. The Morgan fingerprint density at radius 1 is 1.04 bits per heavy atom. The molecule has 1 aromatic heterocycles. The van der Waals surface area contributed by atoms with E-state index in [1.54, 1.807) is 30.3 Å². The zero-order chi connectivity index (χ0) is 16.9. The summed E-state index contributed by atoms with van der Waals surface area (Å²) in [5.41, 5.74) is 0.487. The van der Waals surface area contributed by atoms with Gasteiger partial charge in [-0.3, -0.25) is 0 Å². The molecule has 0 spiro atoms. The monoisotopic (exact) mass is 327 g/mol. The van der Waals surface area contributed by atoms with Crippen LogP contribution in [0, 0.1) is 11.6 Å². The minimum Gasteiger partial charge on any atom is -0.455 e. The number of carbonyl (C=O) groups excluding carboxylic acids is 1. The number of rotatable bonds is 4. The van der Waals surface area contributed by atoms with E-state index in [4.69, 9.17) is 9.25 Å². The van der Waals surface area contributed by atoms with E-state index < -0.39 is 17.6 Å². The molecule has 0 radical (unpaired) electrons. The van der Waals surface area contributed by atoms with E-state index in [0.29, 0.717) is 5.56 Å². The van der Waals surface area contributed by atoms with Crippen LogP contribution in [0.4, 0.5) is 8.78 Å². The Labute approximate surface area is 136 Å². The van der Waals surface area contributed by atoms with Crippen molar-refractivity contribution in [1.82, 2.24) is 0 Å². The largest absolute Gasteiger partial charge is 0.455 e. The topological polar surface area (TPSA) is 51.8 Å². The maximum Gasteiger partial charge on any atom is 0.365 e. The number of benzene rings is 2. The molecule has 1 heterocycles. The van der Waals surface area contributed by atoms with E-state index in [2.05, 4.69) is 5.16 Å². The third kappa shape index (κ3) is 3.55. The van der Waals surface area contributed by atoms with Crippen molar-refractivity contribution in [3.05, 3.63) is 83.6 Å². The number of halogens is 2. The van der Waals surface area contributed by atoms with E-state index in [1.165, 1.54) is 24.4 Å². The molecule has 4 nitrogen and oxygen atoms in total. The predicted octanol–water partition coefficient (Wildman–Crippen LogP) is 4.42. The summed E-state index contributed by atoms with van der Waals surface area (Å²) in [6.07, 6.45) is 1.19. The lowest BCUT2D eigenvalue weighted by Crippen LogP contribution is -2.00. The molecule has 0 fully saturated rings. The quantitative estimate of drug-likeness (QED) is 0.405. The smallest absolute Gasteiger partial charge is 0.365 e. The fourth-order valence-corrected chi connectivity index (χ4v) is 2.01. The standard InChI is InChI=1S/C18H11F2NO3/c19-13-6-8-15(16(20)10-13)17-9-7-14(23-17)11-21-24-18(22)12-4-2-1-3-5-12/h1-11H. The third-order valence-electron chi connectivity index (χ3n) is 3.15. The van der Waals surface area contributed by atoms with Crippen LogP contribution in [0.25, 0.3) is 11.3 Å². The molecule has 0 N–H and O–H groups in total. The maximum atomic E-state index is 13.7. The molecular weight excluding hydrogens is 316 g/mol. The van der Waals surface area contributed by atoms with Crippen molar-refractivity contribution in [3.8, 4) is 11.3 Å². The first-order chi connectivity index (χ1) is 11.6. The van der Waals surface area contributed by atoms with E-state index in [0.717, 1.165) is 12.1 Å². The molecular formula is C18H11F2NO3. The minimum absolute atomic E-state index is 0.123. The first-order valence-corrected chi connectivity index (χ1v) is 6.98. The summed E-state index contributed by atoms with van der Waals surface area (Å²) in [7, 11) is 0. The van der Waals surface area contributed by atoms with Crippen LogP contribution < -0.4 is 0 Å². The van der Waals surface area contributed by atoms with Crippen molar-refractivity contribution in [2.75, 3.05) is 0 Å². The number of hydrogen-bond donors (Lipinski definition) is 0. The second kappa shape index (κ2) is 6.87. The number of oxime groups is 1. The highest BCUT2D eigenvalue weighted by molar-refractivity contribution is 5.89. The molecule has 0 amide bonds. The van der Waals surface area contributed by atoms with E-state index in [-0.39, 0.29) is 17.1 Å². The summed E-state index contributed by atoms with van der Waals surface area (Å²) in [5.74, 6) is -1.54. The van der Waals surface area contributed by atoms with Gasteiger partial charge in [-0.15, -0.1) is 0 Å². The van der Waals surface area contributed by atoms with Gasteiger partial charge in [0.1, 0.15) is 29.4 Å². The molecule has 0 aliphatic carbocycles. The Morgan fingerprint density at radius 2 is 1.83 bits per heavy atom. The molecule has 0 saturated carbocycles. The lowest BCUT2D eigenvalue weighted by Gasteiger charge is -1.99. The van der Waals surface area contributed by atoms with Gasteiger partial charge in [0.25, 0.3) is 0 Å². The van der Waals surface area contributed by atoms with Crippen LogP contribution in [0.5, 0.6) is 0 Å². The van der Waals surface area contributed by atoms with Crippen LogP contribution in [0.3, 0.4) is 0 Å². The molecule has 0 unspecified atom stereocenters. The molecule has 120 valence electrons. The van der Waals surface area contributed by atoms with Gasteiger partial charge in [0.15, 0.2) is 0 Å². The highest BCUT2D eigenvalue weighted by Gasteiger charge is 2.10. The molecule has 0 aliphatic rings. The Balaban J connectivity index is 1.69. The number of nitrogens with zero attached hydrogens (tertiary/aromatic N) is 1. The van der Waals surface area contributed by atoms with Gasteiger partial charge in [-0.05, 0) is 36.4 Å². The maximum absolute atomic E-state index is 13.7. The lowest BCUT2D eigenvalue weighted by molar-refractivity contribution is 0.0519. The zero-order valence-electron chi connectivity index (χ0n) is 12.3. The first-order valence-electron chi connectivity index (χ1n) is 6.98. The highest BCUT2D eigenvalue weighted by atomic mass is 19.1. The van der Waals surface area contributed by atoms with E-state index in [1.807, 2.05) is 0 Å². The number of carbonyl (C=O) groups is 1. The summed E-state index contributed by atoms with van der Waals surface area (Å²) in [4.78, 5) is 16.4. The van der Waals surface area contributed by atoms with Gasteiger partial charge in [-0.25, -0.2) is 13.6 Å². The Morgan fingerprint density at radius 3 is 2.58 bits per heavy atom. The highest BCUT2D eigenvalue weighted by Crippen LogP contribution is 2.25. The molecule has 0 aliphatic heterocycles. The summed E-state index contributed by atoms with van der Waals surface area (Å²) < 4.78 is 32.0. The summed E-state index contributed by atoms with van der Waals surface area (Å²) in [5, 5.41) is 3.54. The Hall–Kier alpha value is -3.28. The Kier molecular flexibility index (Phi) is 4.47. The van der Waals surface area contributed by atoms with Crippen molar-refractivity contribution in [2.45, 2.75) is 0 Å². The summed E-state index contributed by atoms with van der Waals surface area (Å²) >= 11 is 0. The van der Waals surface area contributed by atoms with Gasteiger partial charge in [0.05, 0.1) is 11.1 Å². The second-order valence-electron chi connectivity index (χ2n) is 4.81. The fraction of sp³-hybridized carbons (Fsp3) is 0. The number of furan rings is 1. The van der Waals surface area contributed by atoms with Crippen molar-refractivity contribution >= 4 is 12.2 Å². The Bertz CT molecular complexity index is 888. The summed E-state index contributed by atoms with van der Waals surface area (Å²) in [6, 6.07) is 14.6. The van der Waals surface area contributed by atoms with Crippen LogP contribution in [0.15, 0.2) is 70.2 Å². The minimum atomic E-state index is -0.733. The van der Waals surface area contributed by atoms with E-state index >= 15 is 0 Å². The van der Waals surface area contributed by atoms with Crippen molar-refractivity contribution < 1.29 is 22.8 Å². The average molecular weight is 327 g/mol. The van der Waals surface area contributed by atoms with Crippen LogP contribution in [-0.4, -0.2) is 12.2 Å². The van der Waals surface area contributed by atoms with Crippen molar-refractivity contribution in [2.24, 2.45) is 5.16 Å². The van der Waals surface area contributed by atoms with Crippen molar-refractivity contribution in [1.29, 1.82) is 0 Å². The second-order valence-corrected chi connectivity index (χ2v) is 4.81. The first kappa shape index (κ1) is 15.6. The molecule has 0 saturated heterocycles. The van der Waals surface area contributed by atoms with Crippen LogP contribution in [0.1, 0.15) is 16.1 Å². The molecule has 2 aromatic carbocycles. The van der Waals surface area contributed by atoms with Crippen LogP contribution >= 0.6 is 0 Å². The predicted molar refractivity (Wildman–Crippen MR) is 83.5 cm³/mol. The lowest BCUT2D eigenvalue weighted by atomic mass is 10.1. The van der Waals surface area contributed by atoms with Gasteiger partial charge >= 0.3 is 5.97 Å². The SMILES string of the molecule is O=C(ON=Cc1ccc(-c2ccc(F)cc2F)o1)c1ccccc1. The van der Waals surface area contributed by atoms with Crippen LogP contribution in [0.2, 0.25) is 0 Å². The van der Waals surface area contributed by atoms with Gasteiger partial charge < -0.3 is 9.25 Å². The normalized spacial score (nSPS) is 10.9. The molecule has 3 rings (SSSR count). The fourth-order valence-electron chi connectivity index (χ4n) is 2.01. The number of hydrogen-bond acceptors (Lipinski definition) is 4. The van der Waals surface area contributed by atoms with Crippen LogP contribution in [-0.2, 0) is 4.84 Å². The van der Waals surface area contributed by atoms with Gasteiger partial charge in [0.2, 0.25) is 0 Å².